The van der Waals surface area contributed by atoms with Gasteiger partial charge in [0.2, 0.25) is 0 Å². The van der Waals surface area contributed by atoms with Crippen LogP contribution in [0.5, 0.6) is 0 Å². The molecule has 1 heterocycles. The summed E-state index contributed by atoms with van der Waals surface area (Å²) in [5.41, 5.74) is 8.93. The average Bonchev–Trinajstić information content (AvgIpc) is 2.66. The smallest absolute Gasteiger partial charge is 0.110 e. The zero-order valence-electron chi connectivity index (χ0n) is 11.8. The minimum atomic E-state index is 0.102. The molecule has 2 rings (SSSR count). The molecule has 18 heavy (non-hydrogen) atoms. The van der Waals surface area contributed by atoms with E-state index >= 15 is 0 Å². The highest BCUT2D eigenvalue weighted by molar-refractivity contribution is 5.80. The Kier molecular flexibility index (Phi) is 3.33. The predicted octanol–water partition coefficient (Wildman–Crippen LogP) is 3.72. The SMILES string of the molecule is CCCC(C)(C)n1c(CC)nc2cc(N)ccc21. The molecule has 0 amide bonds. The third-order valence-electron chi connectivity index (χ3n) is 3.53. The number of benzene rings is 1. The topological polar surface area (TPSA) is 43.8 Å². The fourth-order valence-corrected chi connectivity index (χ4v) is 2.78. The van der Waals surface area contributed by atoms with Crippen LogP contribution in [0.4, 0.5) is 5.69 Å². The quantitative estimate of drug-likeness (QED) is 0.834. The Labute approximate surface area is 109 Å². The summed E-state index contributed by atoms with van der Waals surface area (Å²) < 4.78 is 2.38. The molecule has 1 aromatic carbocycles. The van der Waals surface area contributed by atoms with Crippen LogP contribution in [0.2, 0.25) is 0 Å². The Balaban J connectivity index is 2.67. The van der Waals surface area contributed by atoms with Crippen molar-refractivity contribution in [2.24, 2.45) is 0 Å². The monoisotopic (exact) mass is 245 g/mol. The van der Waals surface area contributed by atoms with E-state index in [4.69, 9.17) is 10.7 Å². The van der Waals surface area contributed by atoms with E-state index in [1.54, 1.807) is 0 Å². The second-order valence-electron chi connectivity index (χ2n) is 5.53. The third-order valence-corrected chi connectivity index (χ3v) is 3.53. The lowest BCUT2D eigenvalue weighted by Crippen LogP contribution is -2.27. The van der Waals surface area contributed by atoms with Crippen molar-refractivity contribution >= 4 is 16.7 Å². The number of aromatic nitrogens is 2. The van der Waals surface area contributed by atoms with E-state index in [1.165, 1.54) is 11.9 Å². The van der Waals surface area contributed by atoms with E-state index in [2.05, 4.69) is 38.3 Å². The van der Waals surface area contributed by atoms with Crippen LogP contribution in [0.1, 0.15) is 46.4 Å². The number of rotatable bonds is 4. The average molecular weight is 245 g/mol. The summed E-state index contributed by atoms with van der Waals surface area (Å²) in [4.78, 5) is 4.72. The number of aryl methyl sites for hydroxylation is 1. The van der Waals surface area contributed by atoms with Crippen LogP contribution in [0.15, 0.2) is 18.2 Å². The maximum Gasteiger partial charge on any atom is 0.110 e. The zero-order valence-corrected chi connectivity index (χ0v) is 11.8. The number of anilines is 1. The van der Waals surface area contributed by atoms with Gasteiger partial charge < -0.3 is 10.3 Å². The number of hydrogen-bond donors (Lipinski definition) is 1. The summed E-state index contributed by atoms with van der Waals surface area (Å²) in [6.45, 7) is 8.95. The van der Waals surface area contributed by atoms with Gasteiger partial charge in [-0.25, -0.2) is 4.98 Å². The molecule has 0 fully saturated rings. The molecule has 0 radical (unpaired) electrons. The molecular formula is C15H23N3. The van der Waals surface area contributed by atoms with Gasteiger partial charge in [0, 0.05) is 17.6 Å². The summed E-state index contributed by atoms with van der Waals surface area (Å²) >= 11 is 0. The van der Waals surface area contributed by atoms with Crippen LogP contribution >= 0.6 is 0 Å². The molecule has 0 saturated heterocycles. The molecule has 2 aromatic rings. The summed E-state index contributed by atoms with van der Waals surface area (Å²) in [5, 5.41) is 0. The van der Waals surface area contributed by atoms with Gasteiger partial charge >= 0.3 is 0 Å². The second kappa shape index (κ2) is 4.63. The first kappa shape index (κ1) is 12.9. The second-order valence-corrected chi connectivity index (χ2v) is 5.53. The van der Waals surface area contributed by atoms with Crippen LogP contribution < -0.4 is 5.73 Å². The molecular weight excluding hydrogens is 222 g/mol. The largest absolute Gasteiger partial charge is 0.399 e. The molecule has 0 atom stereocenters. The number of nitrogens with zero attached hydrogens (tertiary/aromatic N) is 2. The maximum absolute atomic E-state index is 5.84. The van der Waals surface area contributed by atoms with Crippen molar-refractivity contribution in [1.82, 2.24) is 9.55 Å². The third kappa shape index (κ3) is 2.09. The fraction of sp³-hybridized carbons (Fsp3) is 0.533. The van der Waals surface area contributed by atoms with Crippen molar-refractivity contribution < 1.29 is 0 Å². The lowest BCUT2D eigenvalue weighted by molar-refractivity contribution is 0.324. The summed E-state index contributed by atoms with van der Waals surface area (Å²) in [7, 11) is 0. The Hall–Kier alpha value is -1.51. The first-order valence-corrected chi connectivity index (χ1v) is 6.77. The van der Waals surface area contributed by atoms with Crippen molar-refractivity contribution in [3.63, 3.8) is 0 Å². The van der Waals surface area contributed by atoms with Gasteiger partial charge in [-0.05, 0) is 38.5 Å². The number of nitrogens with two attached hydrogens (primary N) is 1. The Morgan fingerprint density at radius 2 is 2.00 bits per heavy atom. The molecule has 2 N–H and O–H groups in total. The maximum atomic E-state index is 5.84. The standard InChI is InChI=1S/C15H23N3/c1-5-9-15(3,4)18-13-8-7-11(16)10-12(13)17-14(18)6-2/h7-8,10H,5-6,9,16H2,1-4H3. The molecule has 3 heteroatoms. The Morgan fingerprint density at radius 1 is 1.28 bits per heavy atom. The van der Waals surface area contributed by atoms with Crippen LogP contribution in [-0.4, -0.2) is 9.55 Å². The number of hydrogen-bond acceptors (Lipinski definition) is 2. The predicted molar refractivity (Wildman–Crippen MR) is 77.8 cm³/mol. The fourth-order valence-electron chi connectivity index (χ4n) is 2.78. The molecule has 0 spiro atoms. The van der Waals surface area contributed by atoms with Crippen LogP contribution in [0, 0.1) is 0 Å². The molecule has 1 aromatic heterocycles. The molecule has 0 aliphatic carbocycles. The first-order chi connectivity index (χ1) is 8.49. The van der Waals surface area contributed by atoms with Crippen LogP contribution in [-0.2, 0) is 12.0 Å². The van der Waals surface area contributed by atoms with Crippen molar-refractivity contribution in [3.8, 4) is 0 Å². The van der Waals surface area contributed by atoms with E-state index in [9.17, 15) is 0 Å². The minimum absolute atomic E-state index is 0.102. The number of nitrogen functional groups attached to an aromatic ring is 1. The highest BCUT2D eigenvalue weighted by Gasteiger charge is 2.24. The lowest BCUT2D eigenvalue weighted by atomic mass is 9.97. The zero-order chi connectivity index (χ0) is 13.3. The highest BCUT2D eigenvalue weighted by atomic mass is 15.1. The van der Waals surface area contributed by atoms with Crippen molar-refractivity contribution in [1.29, 1.82) is 0 Å². The minimum Gasteiger partial charge on any atom is -0.399 e. The van der Waals surface area contributed by atoms with E-state index in [1.807, 2.05) is 12.1 Å². The van der Waals surface area contributed by atoms with E-state index in [0.29, 0.717) is 0 Å². The van der Waals surface area contributed by atoms with E-state index in [0.717, 1.165) is 29.9 Å². The van der Waals surface area contributed by atoms with Crippen molar-refractivity contribution in [3.05, 3.63) is 24.0 Å². The first-order valence-electron chi connectivity index (χ1n) is 6.77. The number of imidazole rings is 1. The van der Waals surface area contributed by atoms with Gasteiger partial charge in [0.1, 0.15) is 5.82 Å². The molecule has 0 bridgehead atoms. The molecule has 0 aliphatic heterocycles. The summed E-state index contributed by atoms with van der Waals surface area (Å²) in [6, 6.07) is 6.02. The normalized spacial score (nSPS) is 12.2. The van der Waals surface area contributed by atoms with Gasteiger partial charge in [-0.3, -0.25) is 0 Å². The molecule has 0 aliphatic rings. The van der Waals surface area contributed by atoms with E-state index in [-0.39, 0.29) is 5.54 Å². The highest BCUT2D eigenvalue weighted by Crippen LogP contribution is 2.30. The lowest BCUT2D eigenvalue weighted by Gasteiger charge is -2.29. The number of fused-ring (bicyclic) bond motifs is 1. The van der Waals surface area contributed by atoms with Gasteiger partial charge in [0.05, 0.1) is 11.0 Å². The molecule has 0 saturated carbocycles. The van der Waals surface area contributed by atoms with E-state index < -0.39 is 0 Å². The summed E-state index contributed by atoms with van der Waals surface area (Å²) in [5.74, 6) is 1.15. The van der Waals surface area contributed by atoms with Crippen LogP contribution in [0.25, 0.3) is 11.0 Å². The van der Waals surface area contributed by atoms with Gasteiger partial charge in [0.25, 0.3) is 0 Å². The molecule has 98 valence electrons. The Bertz CT molecular complexity index is 552. The van der Waals surface area contributed by atoms with Gasteiger partial charge in [0.15, 0.2) is 0 Å². The van der Waals surface area contributed by atoms with Gasteiger partial charge in [-0.15, -0.1) is 0 Å². The Morgan fingerprint density at radius 3 is 2.61 bits per heavy atom. The van der Waals surface area contributed by atoms with Crippen LogP contribution in [0.3, 0.4) is 0 Å². The molecule has 3 nitrogen and oxygen atoms in total. The van der Waals surface area contributed by atoms with Crippen molar-refractivity contribution in [2.75, 3.05) is 5.73 Å². The molecule has 0 unspecified atom stereocenters. The summed E-state index contributed by atoms with van der Waals surface area (Å²) in [6.07, 6.45) is 3.27. The van der Waals surface area contributed by atoms with Gasteiger partial charge in [-0.1, -0.05) is 20.3 Å². The van der Waals surface area contributed by atoms with Gasteiger partial charge in [-0.2, -0.15) is 0 Å². The van der Waals surface area contributed by atoms with Crippen molar-refractivity contribution in [2.45, 2.75) is 52.5 Å².